The maximum absolute atomic E-state index is 10.6. The van der Waals surface area contributed by atoms with Crippen molar-refractivity contribution in [1.29, 1.82) is 0 Å². The standard InChI is InChI=1S/C4H8O4S/c5-3-4-1-2-8-9(4,6)7/h4-5H,1-3H2. The lowest BCUT2D eigenvalue weighted by Gasteiger charge is -1.99. The molecule has 1 aliphatic heterocycles. The van der Waals surface area contributed by atoms with E-state index in [0.717, 1.165) is 0 Å². The molecule has 54 valence electrons. The number of aliphatic hydroxyl groups excluding tert-OH is 1. The zero-order valence-electron chi connectivity index (χ0n) is 4.78. The molecule has 0 radical (unpaired) electrons. The number of aliphatic hydroxyl groups is 1. The van der Waals surface area contributed by atoms with Gasteiger partial charge in [0.2, 0.25) is 0 Å². The van der Waals surface area contributed by atoms with Crippen molar-refractivity contribution >= 4 is 10.1 Å². The highest BCUT2D eigenvalue weighted by atomic mass is 32.2. The van der Waals surface area contributed by atoms with Crippen LogP contribution < -0.4 is 0 Å². The molecule has 0 aromatic rings. The highest BCUT2D eigenvalue weighted by Crippen LogP contribution is 2.15. The smallest absolute Gasteiger partial charge is 0.272 e. The Labute approximate surface area is 53.6 Å². The summed E-state index contributed by atoms with van der Waals surface area (Å²) in [5.74, 6) is 0. The minimum absolute atomic E-state index is 0.216. The molecule has 1 heterocycles. The van der Waals surface area contributed by atoms with Gasteiger partial charge in [0.15, 0.2) is 0 Å². The van der Waals surface area contributed by atoms with Gasteiger partial charge in [-0.2, -0.15) is 8.42 Å². The van der Waals surface area contributed by atoms with E-state index in [0.29, 0.717) is 6.42 Å². The van der Waals surface area contributed by atoms with Gasteiger partial charge in [0.25, 0.3) is 10.1 Å². The van der Waals surface area contributed by atoms with Gasteiger partial charge in [-0.05, 0) is 6.42 Å². The van der Waals surface area contributed by atoms with Crippen LogP contribution in [0.15, 0.2) is 0 Å². The third-order valence-corrected chi connectivity index (χ3v) is 3.00. The molecule has 0 aromatic heterocycles. The van der Waals surface area contributed by atoms with Crippen LogP contribution in [0.25, 0.3) is 0 Å². The van der Waals surface area contributed by atoms with Gasteiger partial charge in [0, 0.05) is 0 Å². The van der Waals surface area contributed by atoms with Crippen LogP contribution in [-0.4, -0.2) is 32.0 Å². The maximum atomic E-state index is 10.6. The van der Waals surface area contributed by atoms with Crippen LogP contribution in [0.1, 0.15) is 6.42 Å². The maximum Gasteiger partial charge on any atom is 0.272 e. The Morgan fingerprint density at radius 2 is 2.33 bits per heavy atom. The van der Waals surface area contributed by atoms with E-state index >= 15 is 0 Å². The summed E-state index contributed by atoms with van der Waals surface area (Å²) in [6.07, 6.45) is 0.416. The van der Waals surface area contributed by atoms with Crippen molar-refractivity contribution in [2.75, 3.05) is 13.2 Å². The van der Waals surface area contributed by atoms with Gasteiger partial charge in [-0.15, -0.1) is 0 Å². The van der Waals surface area contributed by atoms with Crippen molar-refractivity contribution in [3.8, 4) is 0 Å². The van der Waals surface area contributed by atoms with Gasteiger partial charge in [0.05, 0.1) is 13.2 Å². The summed E-state index contributed by atoms with van der Waals surface area (Å²) >= 11 is 0. The Morgan fingerprint density at radius 1 is 1.67 bits per heavy atom. The van der Waals surface area contributed by atoms with Gasteiger partial charge in [0.1, 0.15) is 5.25 Å². The minimum atomic E-state index is -3.39. The summed E-state index contributed by atoms with van der Waals surface area (Å²) in [4.78, 5) is 0. The highest BCUT2D eigenvalue weighted by molar-refractivity contribution is 7.87. The predicted octanol–water partition coefficient (Wildman–Crippen LogP) is -0.903. The topological polar surface area (TPSA) is 63.6 Å². The zero-order valence-corrected chi connectivity index (χ0v) is 5.60. The van der Waals surface area contributed by atoms with Gasteiger partial charge < -0.3 is 5.11 Å². The Kier molecular flexibility index (Phi) is 1.74. The normalized spacial score (nSPS) is 32.8. The molecule has 0 spiro atoms. The molecule has 0 saturated carbocycles. The molecule has 4 nitrogen and oxygen atoms in total. The second kappa shape index (κ2) is 2.24. The molecule has 1 atom stereocenters. The summed E-state index contributed by atoms with van der Waals surface area (Å²) in [6.45, 7) is -0.115. The SMILES string of the molecule is O=S1(=O)OCCC1CO. The molecule has 1 unspecified atom stereocenters. The van der Waals surface area contributed by atoms with Crippen molar-refractivity contribution in [2.24, 2.45) is 0 Å². The molecule has 0 aromatic carbocycles. The third kappa shape index (κ3) is 1.23. The minimum Gasteiger partial charge on any atom is -0.395 e. The summed E-state index contributed by atoms with van der Waals surface area (Å²) < 4.78 is 25.6. The van der Waals surface area contributed by atoms with Crippen LogP contribution in [0, 0.1) is 0 Å². The van der Waals surface area contributed by atoms with Crippen LogP contribution in [0.5, 0.6) is 0 Å². The van der Waals surface area contributed by atoms with E-state index < -0.39 is 15.4 Å². The highest BCUT2D eigenvalue weighted by Gasteiger charge is 2.31. The van der Waals surface area contributed by atoms with Crippen molar-refractivity contribution in [2.45, 2.75) is 11.7 Å². The summed E-state index contributed by atoms with van der Waals surface area (Å²) in [5, 5.41) is 7.76. The van der Waals surface area contributed by atoms with E-state index in [1.165, 1.54) is 0 Å². The van der Waals surface area contributed by atoms with Crippen LogP contribution in [0.4, 0.5) is 0 Å². The van der Waals surface area contributed by atoms with E-state index in [9.17, 15) is 8.42 Å². The van der Waals surface area contributed by atoms with E-state index in [1.807, 2.05) is 0 Å². The van der Waals surface area contributed by atoms with Crippen molar-refractivity contribution < 1.29 is 17.7 Å². The van der Waals surface area contributed by atoms with Gasteiger partial charge in [-0.3, -0.25) is 4.18 Å². The molecule has 0 amide bonds. The fraction of sp³-hybridized carbons (Fsp3) is 1.00. The summed E-state index contributed by atoms with van der Waals surface area (Å²) in [7, 11) is -3.39. The summed E-state index contributed by atoms with van der Waals surface area (Å²) in [5.41, 5.74) is 0. The molecular weight excluding hydrogens is 144 g/mol. The molecule has 1 rings (SSSR count). The van der Waals surface area contributed by atoms with Crippen molar-refractivity contribution in [3.63, 3.8) is 0 Å². The number of rotatable bonds is 1. The van der Waals surface area contributed by atoms with Crippen molar-refractivity contribution in [3.05, 3.63) is 0 Å². The quantitative estimate of drug-likeness (QED) is 0.494. The lowest BCUT2D eigenvalue weighted by molar-refractivity contribution is 0.289. The van der Waals surface area contributed by atoms with Crippen LogP contribution >= 0.6 is 0 Å². The first-order chi connectivity index (χ1) is 4.17. The molecule has 0 bridgehead atoms. The van der Waals surface area contributed by atoms with Gasteiger partial charge in [-0.1, -0.05) is 0 Å². The molecule has 5 heteroatoms. The lowest BCUT2D eigenvalue weighted by atomic mass is 10.3. The Bertz CT molecular complexity index is 183. The van der Waals surface area contributed by atoms with E-state index in [1.54, 1.807) is 0 Å². The first kappa shape index (κ1) is 6.98. The first-order valence-corrected chi connectivity index (χ1v) is 4.13. The molecule has 9 heavy (non-hydrogen) atoms. The molecule has 1 N–H and O–H groups in total. The average Bonchev–Trinajstić information content (AvgIpc) is 2.08. The monoisotopic (exact) mass is 152 g/mol. The van der Waals surface area contributed by atoms with E-state index in [4.69, 9.17) is 5.11 Å². The molecule has 1 saturated heterocycles. The average molecular weight is 152 g/mol. The molecular formula is C4H8O4S. The number of hydrogen-bond acceptors (Lipinski definition) is 4. The second-order valence-electron chi connectivity index (χ2n) is 1.91. The first-order valence-electron chi connectivity index (χ1n) is 2.66. The van der Waals surface area contributed by atoms with E-state index in [2.05, 4.69) is 4.18 Å². The fourth-order valence-electron chi connectivity index (χ4n) is 0.719. The van der Waals surface area contributed by atoms with Gasteiger partial charge >= 0.3 is 0 Å². The Morgan fingerprint density at radius 3 is 2.56 bits per heavy atom. The largest absolute Gasteiger partial charge is 0.395 e. The predicted molar refractivity (Wildman–Crippen MR) is 30.4 cm³/mol. The molecule has 1 aliphatic rings. The van der Waals surface area contributed by atoms with Crippen molar-refractivity contribution in [1.82, 2.24) is 0 Å². The zero-order chi connectivity index (χ0) is 6.91. The van der Waals surface area contributed by atoms with E-state index in [-0.39, 0.29) is 13.2 Å². The second-order valence-corrected chi connectivity index (χ2v) is 3.80. The van der Waals surface area contributed by atoms with Crippen LogP contribution in [0.2, 0.25) is 0 Å². The molecule has 1 fully saturated rings. The van der Waals surface area contributed by atoms with Gasteiger partial charge in [-0.25, -0.2) is 0 Å². The fourth-order valence-corrected chi connectivity index (χ4v) is 1.81. The van der Waals surface area contributed by atoms with Crippen LogP contribution in [0.3, 0.4) is 0 Å². The lowest BCUT2D eigenvalue weighted by Crippen LogP contribution is -2.18. The Balaban J connectivity index is 2.75. The number of hydrogen-bond donors (Lipinski definition) is 1. The third-order valence-electron chi connectivity index (χ3n) is 1.30. The van der Waals surface area contributed by atoms with Crippen LogP contribution in [-0.2, 0) is 14.3 Å². The summed E-state index contributed by atoms with van der Waals surface area (Å²) in [6, 6.07) is 0. The molecule has 0 aliphatic carbocycles. The Hall–Kier alpha value is -0.130.